The van der Waals surface area contributed by atoms with Crippen molar-refractivity contribution in [2.75, 3.05) is 6.61 Å². The Morgan fingerprint density at radius 2 is 1.88 bits per heavy atom. The predicted molar refractivity (Wildman–Crippen MR) is 100 cm³/mol. The summed E-state index contributed by atoms with van der Waals surface area (Å²) >= 11 is 18.3. The van der Waals surface area contributed by atoms with Crippen LogP contribution < -0.4 is 9.47 Å². The first-order valence-electron chi connectivity index (χ1n) is 7.34. The van der Waals surface area contributed by atoms with Gasteiger partial charge in [0.05, 0.1) is 11.6 Å². The number of rotatable bonds is 7. The molecule has 2 rings (SSSR count). The van der Waals surface area contributed by atoms with E-state index in [1.807, 2.05) is 6.92 Å². The van der Waals surface area contributed by atoms with Crippen molar-refractivity contribution in [1.29, 1.82) is 0 Å². The molecule has 0 radical (unpaired) electrons. The molecule has 1 N–H and O–H groups in total. The summed E-state index contributed by atoms with van der Waals surface area (Å²) in [5.74, 6) is -0.265. The van der Waals surface area contributed by atoms with E-state index in [9.17, 15) is 4.79 Å². The summed E-state index contributed by atoms with van der Waals surface area (Å²) < 4.78 is 11.3. The third-order valence-corrected chi connectivity index (χ3v) is 4.00. The van der Waals surface area contributed by atoms with Gasteiger partial charge in [0, 0.05) is 21.7 Å². The van der Waals surface area contributed by atoms with Gasteiger partial charge < -0.3 is 14.6 Å². The van der Waals surface area contributed by atoms with Gasteiger partial charge in [0.1, 0.15) is 6.61 Å². The minimum Gasteiger partial charge on any atom is -0.490 e. The molecule has 132 valence electrons. The average Bonchev–Trinajstić information content (AvgIpc) is 2.54. The van der Waals surface area contributed by atoms with Gasteiger partial charge in [-0.25, -0.2) is 4.79 Å². The molecule has 0 aliphatic carbocycles. The number of benzene rings is 2. The van der Waals surface area contributed by atoms with Gasteiger partial charge in [-0.15, -0.1) is 0 Å². The van der Waals surface area contributed by atoms with Crippen LogP contribution in [0.5, 0.6) is 11.5 Å². The predicted octanol–water partition coefficient (Wildman–Crippen LogP) is 5.72. The summed E-state index contributed by atoms with van der Waals surface area (Å²) in [6.07, 6.45) is 2.45. The molecule has 2 aromatic carbocycles. The van der Waals surface area contributed by atoms with Crippen LogP contribution in [-0.4, -0.2) is 17.7 Å². The molecule has 0 amide bonds. The number of aliphatic carboxylic acids is 1. The van der Waals surface area contributed by atoms with Crippen molar-refractivity contribution in [2.24, 2.45) is 0 Å². The second kappa shape index (κ2) is 8.99. The van der Waals surface area contributed by atoms with Gasteiger partial charge in [-0.3, -0.25) is 0 Å². The number of carbonyl (C=O) groups is 1. The van der Waals surface area contributed by atoms with E-state index in [4.69, 9.17) is 49.4 Å². The van der Waals surface area contributed by atoms with E-state index >= 15 is 0 Å². The SMILES string of the molecule is CCOc1cc(/C=C/C(=O)O)cc(Cl)c1OCc1ccc(Cl)cc1Cl. The van der Waals surface area contributed by atoms with E-state index in [2.05, 4.69) is 0 Å². The van der Waals surface area contributed by atoms with E-state index in [0.29, 0.717) is 38.7 Å². The van der Waals surface area contributed by atoms with Crippen LogP contribution in [-0.2, 0) is 11.4 Å². The molecule has 0 aliphatic rings. The lowest BCUT2D eigenvalue weighted by Crippen LogP contribution is -2.01. The lowest BCUT2D eigenvalue weighted by Gasteiger charge is -2.15. The molecule has 0 aromatic heterocycles. The first-order valence-corrected chi connectivity index (χ1v) is 8.48. The van der Waals surface area contributed by atoms with Crippen molar-refractivity contribution in [3.8, 4) is 11.5 Å². The fourth-order valence-corrected chi connectivity index (χ4v) is 2.78. The number of ether oxygens (including phenoxy) is 2. The zero-order valence-corrected chi connectivity index (χ0v) is 15.5. The van der Waals surface area contributed by atoms with Gasteiger partial charge in [-0.1, -0.05) is 40.9 Å². The fourth-order valence-electron chi connectivity index (χ4n) is 2.04. The molecule has 7 heteroatoms. The third kappa shape index (κ3) is 5.56. The topological polar surface area (TPSA) is 55.8 Å². The fraction of sp³-hybridized carbons (Fsp3) is 0.167. The quantitative estimate of drug-likeness (QED) is 0.603. The van der Waals surface area contributed by atoms with Gasteiger partial charge in [-0.05, 0) is 42.8 Å². The van der Waals surface area contributed by atoms with Crippen LogP contribution in [0.15, 0.2) is 36.4 Å². The van der Waals surface area contributed by atoms with Crippen LogP contribution in [0.1, 0.15) is 18.1 Å². The maximum absolute atomic E-state index is 10.7. The minimum absolute atomic E-state index is 0.181. The zero-order valence-electron chi connectivity index (χ0n) is 13.3. The highest BCUT2D eigenvalue weighted by molar-refractivity contribution is 6.35. The summed E-state index contributed by atoms with van der Waals surface area (Å²) in [6.45, 7) is 2.41. The first-order chi connectivity index (χ1) is 11.9. The van der Waals surface area contributed by atoms with Crippen molar-refractivity contribution >= 4 is 46.8 Å². The number of halogens is 3. The molecule has 0 aliphatic heterocycles. The molecule has 0 atom stereocenters. The number of hydrogen-bond acceptors (Lipinski definition) is 3. The molecular formula is C18H15Cl3O4. The van der Waals surface area contributed by atoms with Crippen molar-refractivity contribution < 1.29 is 19.4 Å². The summed E-state index contributed by atoms with van der Waals surface area (Å²) in [5, 5.41) is 10.1. The molecular weight excluding hydrogens is 387 g/mol. The van der Waals surface area contributed by atoms with E-state index < -0.39 is 5.97 Å². The van der Waals surface area contributed by atoms with E-state index in [0.717, 1.165) is 11.6 Å². The second-order valence-electron chi connectivity index (χ2n) is 4.96. The Kier molecular flexibility index (Phi) is 7.00. The third-order valence-electron chi connectivity index (χ3n) is 3.14. The van der Waals surface area contributed by atoms with Crippen molar-refractivity contribution in [1.82, 2.24) is 0 Å². The Morgan fingerprint density at radius 3 is 2.52 bits per heavy atom. The Balaban J connectivity index is 2.27. The molecule has 0 saturated heterocycles. The van der Waals surface area contributed by atoms with Crippen molar-refractivity contribution in [3.05, 3.63) is 62.6 Å². The van der Waals surface area contributed by atoms with Crippen LogP contribution in [0, 0.1) is 0 Å². The van der Waals surface area contributed by atoms with Crippen molar-refractivity contribution in [3.63, 3.8) is 0 Å². The molecule has 0 fully saturated rings. The van der Waals surface area contributed by atoms with Crippen molar-refractivity contribution in [2.45, 2.75) is 13.5 Å². The van der Waals surface area contributed by atoms with Gasteiger partial charge in [0.2, 0.25) is 0 Å². The molecule has 0 bridgehead atoms. The largest absolute Gasteiger partial charge is 0.490 e. The summed E-state index contributed by atoms with van der Waals surface area (Å²) in [5.41, 5.74) is 1.34. The second-order valence-corrected chi connectivity index (χ2v) is 6.21. The minimum atomic E-state index is -1.05. The standard InChI is InChI=1S/C18H15Cl3O4/c1-2-24-16-8-11(3-6-17(22)23)7-15(21)18(16)25-10-12-4-5-13(19)9-14(12)20/h3-9H,2,10H2,1H3,(H,22,23)/b6-3+. The molecule has 4 nitrogen and oxygen atoms in total. The van der Waals surface area contributed by atoms with Crippen LogP contribution in [0.4, 0.5) is 0 Å². The van der Waals surface area contributed by atoms with Gasteiger partial charge in [0.25, 0.3) is 0 Å². The molecule has 0 saturated carbocycles. The zero-order chi connectivity index (χ0) is 18.4. The van der Waals surface area contributed by atoms with Crippen LogP contribution in [0.3, 0.4) is 0 Å². The van der Waals surface area contributed by atoms with E-state index in [1.54, 1.807) is 30.3 Å². The number of hydrogen-bond donors (Lipinski definition) is 1. The van der Waals surface area contributed by atoms with Crippen LogP contribution in [0.25, 0.3) is 6.08 Å². The highest BCUT2D eigenvalue weighted by Crippen LogP contribution is 2.38. The van der Waals surface area contributed by atoms with Gasteiger partial charge >= 0.3 is 5.97 Å². The Labute approximate surface area is 160 Å². The van der Waals surface area contributed by atoms with Gasteiger partial charge in [-0.2, -0.15) is 0 Å². The normalized spacial score (nSPS) is 10.9. The number of carboxylic acid groups (broad SMARTS) is 1. The van der Waals surface area contributed by atoms with E-state index in [-0.39, 0.29) is 6.61 Å². The molecule has 0 unspecified atom stereocenters. The molecule has 25 heavy (non-hydrogen) atoms. The Hall–Kier alpha value is -1.88. The first kappa shape index (κ1) is 19.4. The maximum atomic E-state index is 10.7. The monoisotopic (exact) mass is 400 g/mol. The molecule has 0 spiro atoms. The van der Waals surface area contributed by atoms with Gasteiger partial charge in [0.15, 0.2) is 11.5 Å². The van der Waals surface area contributed by atoms with E-state index in [1.165, 1.54) is 6.08 Å². The van der Waals surface area contributed by atoms with Crippen LogP contribution in [0.2, 0.25) is 15.1 Å². The summed E-state index contributed by atoms with van der Waals surface area (Å²) in [7, 11) is 0. The summed E-state index contributed by atoms with van der Waals surface area (Å²) in [6, 6.07) is 8.38. The highest BCUT2D eigenvalue weighted by atomic mass is 35.5. The summed E-state index contributed by atoms with van der Waals surface area (Å²) in [4.78, 5) is 10.7. The highest BCUT2D eigenvalue weighted by Gasteiger charge is 2.13. The lowest BCUT2D eigenvalue weighted by atomic mass is 10.2. The van der Waals surface area contributed by atoms with Crippen LogP contribution >= 0.6 is 34.8 Å². The molecule has 2 aromatic rings. The number of carboxylic acids is 1. The lowest BCUT2D eigenvalue weighted by molar-refractivity contribution is -0.131. The smallest absolute Gasteiger partial charge is 0.328 e. The Morgan fingerprint density at radius 1 is 1.12 bits per heavy atom. The Bertz CT molecular complexity index is 803. The molecule has 0 heterocycles. The maximum Gasteiger partial charge on any atom is 0.328 e. The average molecular weight is 402 g/mol.